The molecule has 0 atom stereocenters. The molecule has 0 bridgehead atoms. The molecule has 0 radical (unpaired) electrons. The van der Waals surface area contributed by atoms with Gasteiger partial charge in [-0.3, -0.25) is 5.32 Å². The smallest absolute Gasteiger partial charge is 0.411 e. The molecular weight excluding hydrogens is 210 g/mol. The first-order chi connectivity index (χ1) is 7.76. The zero-order chi connectivity index (χ0) is 11.8. The van der Waals surface area contributed by atoms with Gasteiger partial charge < -0.3 is 14.2 Å². The number of benzene rings is 1. The van der Waals surface area contributed by atoms with Crippen molar-refractivity contribution in [3.05, 3.63) is 24.3 Å². The third kappa shape index (κ3) is 4.18. The highest BCUT2D eigenvalue weighted by atomic mass is 16.5. The Morgan fingerprint density at radius 2 is 1.88 bits per heavy atom. The van der Waals surface area contributed by atoms with E-state index in [1.54, 1.807) is 31.4 Å². The van der Waals surface area contributed by atoms with Gasteiger partial charge >= 0.3 is 6.09 Å². The molecule has 5 heteroatoms. The Hall–Kier alpha value is -1.75. The molecule has 0 saturated heterocycles. The lowest BCUT2D eigenvalue weighted by atomic mass is 10.3. The number of methoxy groups -OCH3 is 2. The van der Waals surface area contributed by atoms with Gasteiger partial charge in [0.25, 0.3) is 0 Å². The lowest BCUT2D eigenvalue weighted by molar-refractivity contribution is 0.146. The van der Waals surface area contributed by atoms with Crippen LogP contribution in [0.15, 0.2) is 24.3 Å². The highest BCUT2D eigenvalue weighted by Crippen LogP contribution is 2.15. The number of amides is 1. The average Bonchev–Trinajstić information content (AvgIpc) is 2.31. The van der Waals surface area contributed by atoms with Gasteiger partial charge in [0.2, 0.25) is 0 Å². The topological polar surface area (TPSA) is 56.8 Å². The Morgan fingerprint density at radius 1 is 1.19 bits per heavy atom. The largest absolute Gasteiger partial charge is 0.491 e. The van der Waals surface area contributed by atoms with Crippen molar-refractivity contribution in [1.29, 1.82) is 0 Å². The first kappa shape index (κ1) is 12.3. The van der Waals surface area contributed by atoms with Crippen molar-refractivity contribution in [3.63, 3.8) is 0 Å². The van der Waals surface area contributed by atoms with E-state index in [4.69, 9.17) is 9.47 Å². The van der Waals surface area contributed by atoms with Crippen molar-refractivity contribution in [1.82, 2.24) is 0 Å². The van der Waals surface area contributed by atoms with E-state index in [0.29, 0.717) is 18.9 Å². The van der Waals surface area contributed by atoms with Crippen molar-refractivity contribution in [2.75, 3.05) is 32.8 Å². The third-order valence-electron chi connectivity index (χ3n) is 1.84. The number of hydrogen-bond donors (Lipinski definition) is 1. The van der Waals surface area contributed by atoms with Gasteiger partial charge in [0.1, 0.15) is 12.4 Å². The van der Waals surface area contributed by atoms with Gasteiger partial charge in [0.05, 0.1) is 13.7 Å². The summed E-state index contributed by atoms with van der Waals surface area (Å²) in [6.45, 7) is 1.04. The molecule has 0 aliphatic heterocycles. The van der Waals surface area contributed by atoms with Crippen molar-refractivity contribution >= 4 is 11.8 Å². The summed E-state index contributed by atoms with van der Waals surface area (Å²) in [5, 5.41) is 2.54. The van der Waals surface area contributed by atoms with E-state index in [9.17, 15) is 4.79 Å². The summed E-state index contributed by atoms with van der Waals surface area (Å²) >= 11 is 0. The first-order valence-corrected chi connectivity index (χ1v) is 4.83. The van der Waals surface area contributed by atoms with Crippen LogP contribution in [0, 0.1) is 0 Å². The molecule has 1 amide bonds. The standard InChI is InChI=1S/C11H15NO4/c1-14-7-8-16-10-5-3-9(4-6-10)12-11(13)15-2/h3-6H,7-8H2,1-2H3,(H,12,13). The Labute approximate surface area is 94.3 Å². The number of rotatable bonds is 5. The number of carbonyl (C=O) groups excluding carboxylic acids is 1. The number of nitrogens with one attached hydrogen (secondary N) is 1. The number of ether oxygens (including phenoxy) is 3. The molecule has 0 saturated carbocycles. The summed E-state index contributed by atoms with van der Waals surface area (Å²) in [5.74, 6) is 0.729. The zero-order valence-electron chi connectivity index (χ0n) is 9.36. The van der Waals surface area contributed by atoms with E-state index >= 15 is 0 Å². The molecular formula is C11H15NO4. The van der Waals surface area contributed by atoms with E-state index < -0.39 is 6.09 Å². The third-order valence-corrected chi connectivity index (χ3v) is 1.84. The molecule has 1 N–H and O–H groups in total. The second kappa shape index (κ2) is 6.68. The fourth-order valence-electron chi connectivity index (χ4n) is 1.05. The van der Waals surface area contributed by atoms with E-state index in [2.05, 4.69) is 10.1 Å². The normalized spacial score (nSPS) is 9.62. The lowest BCUT2D eigenvalue weighted by Crippen LogP contribution is -2.10. The van der Waals surface area contributed by atoms with Crippen LogP contribution in [0.3, 0.4) is 0 Å². The highest BCUT2D eigenvalue weighted by Gasteiger charge is 2.00. The maximum atomic E-state index is 10.9. The number of anilines is 1. The van der Waals surface area contributed by atoms with Crippen LogP contribution in [0.25, 0.3) is 0 Å². The molecule has 0 aromatic heterocycles. The van der Waals surface area contributed by atoms with Crippen LogP contribution in [-0.4, -0.2) is 33.5 Å². The van der Waals surface area contributed by atoms with Crippen LogP contribution in [0.2, 0.25) is 0 Å². The second-order valence-corrected chi connectivity index (χ2v) is 2.98. The predicted octanol–water partition coefficient (Wildman–Crippen LogP) is 1.89. The van der Waals surface area contributed by atoms with E-state index in [0.717, 1.165) is 5.75 Å². The van der Waals surface area contributed by atoms with Crippen LogP contribution < -0.4 is 10.1 Å². The van der Waals surface area contributed by atoms with Crippen molar-refractivity contribution in [2.24, 2.45) is 0 Å². The van der Waals surface area contributed by atoms with E-state index in [1.165, 1.54) is 7.11 Å². The molecule has 0 heterocycles. The number of hydrogen-bond acceptors (Lipinski definition) is 4. The zero-order valence-corrected chi connectivity index (χ0v) is 9.36. The maximum Gasteiger partial charge on any atom is 0.411 e. The summed E-state index contributed by atoms with van der Waals surface area (Å²) in [7, 11) is 2.93. The SMILES string of the molecule is COCCOc1ccc(NC(=O)OC)cc1. The van der Waals surface area contributed by atoms with E-state index in [-0.39, 0.29) is 0 Å². The van der Waals surface area contributed by atoms with E-state index in [1.807, 2.05) is 0 Å². The molecule has 0 spiro atoms. The van der Waals surface area contributed by atoms with Crippen LogP contribution >= 0.6 is 0 Å². The van der Waals surface area contributed by atoms with Crippen LogP contribution in [0.5, 0.6) is 5.75 Å². The van der Waals surface area contributed by atoms with Gasteiger partial charge in [0, 0.05) is 12.8 Å². The van der Waals surface area contributed by atoms with Gasteiger partial charge in [-0.2, -0.15) is 0 Å². The molecule has 16 heavy (non-hydrogen) atoms. The minimum Gasteiger partial charge on any atom is -0.491 e. The molecule has 5 nitrogen and oxygen atoms in total. The van der Waals surface area contributed by atoms with Crippen molar-refractivity contribution in [3.8, 4) is 5.75 Å². The molecule has 1 aromatic carbocycles. The number of carbonyl (C=O) groups is 1. The van der Waals surface area contributed by atoms with Crippen molar-refractivity contribution < 1.29 is 19.0 Å². The van der Waals surface area contributed by atoms with Crippen LogP contribution in [0.1, 0.15) is 0 Å². The molecule has 0 aliphatic carbocycles. The van der Waals surface area contributed by atoms with Crippen molar-refractivity contribution in [2.45, 2.75) is 0 Å². The molecule has 0 aliphatic rings. The quantitative estimate of drug-likeness (QED) is 0.777. The molecule has 1 rings (SSSR count). The fourth-order valence-corrected chi connectivity index (χ4v) is 1.05. The molecule has 0 unspecified atom stereocenters. The summed E-state index contributed by atoms with van der Waals surface area (Å²) in [6.07, 6.45) is -0.493. The van der Waals surface area contributed by atoms with Gasteiger partial charge in [0.15, 0.2) is 0 Å². The lowest BCUT2D eigenvalue weighted by Gasteiger charge is -2.07. The Bertz CT molecular complexity index is 323. The summed E-state index contributed by atoms with van der Waals surface area (Å²) < 4.78 is 14.7. The summed E-state index contributed by atoms with van der Waals surface area (Å²) in [6, 6.07) is 7.00. The molecule has 0 fully saturated rings. The highest BCUT2D eigenvalue weighted by molar-refractivity contribution is 5.84. The molecule has 1 aromatic rings. The van der Waals surface area contributed by atoms with Gasteiger partial charge in [-0.1, -0.05) is 0 Å². The predicted molar refractivity (Wildman–Crippen MR) is 59.8 cm³/mol. The summed E-state index contributed by atoms with van der Waals surface area (Å²) in [5.41, 5.74) is 0.658. The van der Waals surface area contributed by atoms with Crippen LogP contribution in [-0.2, 0) is 9.47 Å². The van der Waals surface area contributed by atoms with Gasteiger partial charge in [-0.15, -0.1) is 0 Å². The van der Waals surface area contributed by atoms with Crippen LogP contribution in [0.4, 0.5) is 10.5 Å². The molecule has 88 valence electrons. The summed E-state index contributed by atoms with van der Waals surface area (Å²) in [4.78, 5) is 10.9. The maximum absolute atomic E-state index is 10.9. The fraction of sp³-hybridized carbons (Fsp3) is 0.364. The Morgan fingerprint density at radius 3 is 2.44 bits per heavy atom. The Balaban J connectivity index is 2.44. The average molecular weight is 225 g/mol. The Kier molecular flexibility index (Phi) is 5.15. The van der Waals surface area contributed by atoms with Gasteiger partial charge in [-0.25, -0.2) is 4.79 Å². The van der Waals surface area contributed by atoms with Gasteiger partial charge in [-0.05, 0) is 24.3 Å². The second-order valence-electron chi connectivity index (χ2n) is 2.98. The minimum atomic E-state index is -0.493. The monoisotopic (exact) mass is 225 g/mol. The minimum absolute atomic E-state index is 0.493. The first-order valence-electron chi connectivity index (χ1n) is 4.83.